The Bertz CT molecular complexity index is 580. The molecule has 3 rings (SSSR count). The first kappa shape index (κ1) is 14.6. The number of hydrogen-bond donors (Lipinski definition) is 2. The molecule has 0 unspecified atom stereocenters. The summed E-state index contributed by atoms with van der Waals surface area (Å²) >= 11 is 0. The molecule has 0 radical (unpaired) electrons. The molecule has 5 nitrogen and oxygen atoms in total. The van der Waals surface area contributed by atoms with Crippen molar-refractivity contribution < 1.29 is 9.59 Å². The molecule has 1 heterocycles. The van der Waals surface area contributed by atoms with Crippen molar-refractivity contribution in [3.8, 4) is 0 Å². The number of amides is 2. The third kappa shape index (κ3) is 3.47. The van der Waals surface area contributed by atoms with Crippen LogP contribution >= 0.6 is 0 Å². The first-order valence-electron chi connectivity index (χ1n) is 7.80. The van der Waals surface area contributed by atoms with E-state index in [9.17, 15) is 9.59 Å². The van der Waals surface area contributed by atoms with Crippen molar-refractivity contribution in [2.24, 2.45) is 5.92 Å². The van der Waals surface area contributed by atoms with E-state index in [2.05, 4.69) is 22.8 Å². The average molecular weight is 299 g/mol. The lowest BCUT2D eigenvalue weighted by Gasteiger charge is -2.28. The first-order valence-corrected chi connectivity index (χ1v) is 7.80. The highest BCUT2D eigenvalue weighted by molar-refractivity contribution is 5.93. The van der Waals surface area contributed by atoms with E-state index in [4.69, 9.17) is 0 Å². The van der Waals surface area contributed by atoms with Gasteiger partial charge in [-0.2, -0.15) is 0 Å². The molecule has 1 aromatic rings. The predicted molar refractivity (Wildman–Crippen MR) is 86.8 cm³/mol. The van der Waals surface area contributed by atoms with E-state index in [-0.39, 0.29) is 17.7 Å². The van der Waals surface area contributed by atoms with Crippen LogP contribution in [-0.4, -0.2) is 31.4 Å². The Balaban J connectivity index is 1.60. The van der Waals surface area contributed by atoms with Crippen LogP contribution in [-0.2, 0) is 9.59 Å². The van der Waals surface area contributed by atoms with Gasteiger partial charge in [-0.15, -0.1) is 0 Å². The lowest BCUT2D eigenvalue weighted by molar-refractivity contribution is -0.121. The van der Waals surface area contributed by atoms with Gasteiger partial charge in [0.25, 0.3) is 0 Å². The molecule has 1 atom stereocenters. The molecule has 1 fully saturated rings. The monoisotopic (exact) mass is 299 g/mol. The van der Waals surface area contributed by atoms with Crippen molar-refractivity contribution in [1.82, 2.24) is 5.32 Å². The summed E-state index contributed by atoms with van der Waals surface area (Å²) in [6.45, 7) is 1.87. The SMILES string of the molecule is O=C1CN(c2ccc(NC(=O)[C@H]3CC=CCC3)cc2)CCN1. The number of hydrogen-bond acceptors (Lipinski definition) is 3. The number of carbonyl (C=O) groups excluding carboxylic acids is 2. The fraction of sp³-hybridized carbons (Fsp3) is 0.412. The Kier molecular flexibility index (Phi) is 4.42. The van der Waals surface area contributed by atoms with Gasteiger partial charge in [0, 0.05) is 30.4 Å². The molecule has 1 aromatic carbocycles. The van der Waals surface area contributed by atoms with Gasteiger partial charge < -0.3 is 15.5 Å². The largest absolute Gasteiger partial charge is 0.360 e. The molecule has 1 aliphatic carbocycles. The second kappa shape index (κ2) is 6.64. The van der Waals surface area contributed by atoms with Gasteiger partial charge >= 0.3 is 0 Å². The molecule has 0 bridgehead atoms. The van der Waals surface area contributed by atoms with Gasteiger partial charge in [0.2, 0.25) is 11.8 Å². The Hall–Kier alpha value is -2.30. The Morgan fingerprint density at radius 2 is 2.05 bits per heavy atom. The maximum atomic E-state index is 12.2. The van der Waals surface area contributed by atoms with E-state index in [0.717, 1.165) is 37.2 Å². The Morgan fingerprint density at radius 3 is 2.73 bits per heavy atom. The number of allylic oxidation sites excluding steroid dienone is 2. The Labute approximate surface area is 130 Å². The van der Waals surface area contributed by atoms with Gasteiger partial charge in [-0.05, 0) is 43.5 Å². The molecule has 1 aliphatic heterocycles. The van der Waals surface area contributed by atoms with E-state index in [0.29, 0.717) is 13.1 Å². The van der Waals surface area contributed by atoms with Gasteiger partial charge in [0.1, 0.15) is 0 Å². The minimum atomic E-state index is 0.0500. The molecular formula is C17H21N3O2. The molecule has 1 saturated heterocycles. The van der Waals surface area contributed by atoms with Gasteiger partial charge in [-0.3, -0.25) is 9.59 Å². The Morgan fingerprint density at radius 1 is 1.23 bits per heavy atom. The van der Waals surface area contributed by atoms with Crippen LogP contribution in [0.1, 0.15) is 19.3 Å². The van der Waals surface area contributed by atoms with Crippen LogP contribution in [0.3, 0.4) is 0 Å². The van der Waals surface area contributed by atoms with Gasteiger partial charge in [0.15, 0.2) is 0 Å². The first-order chi connectivity index (χ1) is 10.7. The average Bonchev–Trinajstić information content (AvgIpc) is 2.56. The molecule has 2 N–H and O–H groups in total. The summed E-state index contributed by atoms with van der Waals surface area (Å²) in [6, 6.07) is 7.71. The molecule has 116 valence electrons. The second-order valence-corrected chi connectivity index (χ2v) is 5.79. The molecule has 0 aromatic heterocycles. The van der Waals surface area contributed by atoms with Crippen LogP contribution in [0.25, 0.3) is 0 Å². The highest BCUT2D eigenvalue weighted by Gasteiger charge is 2.19. The maximum absolute atomic E-state index is 12.2. The smallest absolute Gasteiger partial charge is 0.239 e. The molecule has 2 aliphatic rings. The number of benzene rings is 1. The minimum absolute atomic E-state index is 0.0500. The van der Waals surface area contributed by atoms with Crippen molar-refractivity contribution in [1.29, 1.82) is 0 Å². The van der Waals surface area contributed by atoms with Crippen molar-refractivity contribution in [3.05, 3.63) is 36.4 Å². The van der Waals surface area contributed by atoms with E-state index in [1.807, 2.05) is 29.2 Å². The highest BCUT2D eigenvalue weighted by Crippen LogP contribution is 2.22. The topological polar surface area (TPSA) is 61.4 Å². The number of carbonyl (C=O) groups is 2. The van der Waals surface area contributed by atoms with E-state index in [1.165, 1.54) is 0 Å². The second-order valence-electron chi connectivity index (χ2n) is 5.79. The van der Waals surface area contributed by atoms with Crippen LogP contribution in [0, 0.1) is 5.92 Å². The quantitative estimate of drug-likeness (QED) is 0.838. The summed E-state index contributed by atoms with van der Waals surface area (Å²) in [5, 5.41) is 5.79. The third-order valence-corrected chi connectivity index (χ3v) is 4.18. The standard InChI is InChI=1S/C17H21N3O2/c21-16-12-20(11-10-18-16)15-8-6-14(7-9-15)19-17(22)13-4-2-1-3-5-13/h1-2,6-9,13H,3-5,10-12H2,(H,18,21)(H,19,22)/t13-/m0/s1. The fourth-order valence-electron chi connectivity index (χ4n) is 2.89. The zero-order valence-electron chi connectivity index (χ0n) is 12.5. The van der Waals surface area contributed by atoms with Crippen LogP contribution in [0.5, 0.6) is 0 Å². The van der Waals surface area contributed by atoms with Crippen LogP contribution in [0.4, 0.5) is 11.4 Å². The number of piperazine rings is 1. The normalized spacial score (nSPS) is 21.4. The van der Waals surface area contributed by atoms with E-state index >= 15 is 0 Å². The summed E-state index contributed by atoms with van der Waals surface area (Å²) in [6.07, 6.45) is 6.94. The molecule has 0 spiro atoms. The van der Waals surface area contributed by atoms with E-state index in [1.54, 1.807) is 0 Å². The van der Waals surface area contributed by atoms with Crippen molar-refractivity contribution in [2.45, 2.75) is 19.3 Å². The van der Waals surface area contributed by atoms with Crippen LogP contribution in [0.15, 0.2) is 36.4 Å². The lowest BCUT2D eigenvalue weighted by atomic mass is 9.93. The van der Waals surface area contributed by atoms with Crippen LogP contribution < -0.4 is 15.5 Å². The number of nitrogens with one attached hydrogen (secondary N) is 2. The van der Waals surface area contributed by atoms with Crippen LogP contribution in [0.2, 0.25) is 0 Å². The lowest BCUT2D eigenvalue weighted by Crippen LogP contribution is -2.47. The molecule has 22 heavy (non-hydrogen) atoms. The molecule has 0 saturated carbocycles. The molecular weight excluding hydrogens is 278 g/mol. The number of anilines is 2. The summed E-state index contributed by atoms with van der Waals surface area (Å²) in [7, 11) is 0. The maximum Gasteiger partial charge on any atom is 0.239 e. The van der Waals surface area contributed by atoms with Gasteiger partial charge in [-0.25, -0.2) is 0 Å². The third-order valence-electron chi connectivity index (χ3n) is 4.18. The zero-order chi connectivity index (χ0) is 15.4. The van der Waals surface area contributed by atoms with Crippen molar-refractivity contribution in [2.75, 3.05) is 29.9 Å². The van der Waals surface area contributed by atoms with Gasteiger partial charge in [0.05, 0.1) is 6.54 Å². The molecule has 5 heteroatoms. The van der Waals surface area contributed by atoms with Crippen molar-refractivity contribution >= 4 is 23.2 Å². The predicted octanol–water partition coefficient (Wildman–Crippen LogP) is 1.92. The highest BCUT2D eigenvalue weighted by atomic mass is 16.2. The summed E-state index contributed by atoms with van der Waals surface area (Å²) in [4.78, 5) is 25.6. The fourth-order valence-corrected chi connectivity index (χ4v) is 2.89. The van der Waals surface area contributed by atoms with Gasteiger partial charge in [-0.1, -0.05) is 12.2 Å². The summed E-state index contributed by atoms with van der Waals surface area (Å²) in [5.74, 6) is 0.221. The van der Waals surface area contributed by atoms with Crippen molar-refractivity contribution in [3.63, 3.8) is 0 Å². The molecule has 2 amide bonds. The van der Waals surface area contributed by atoms with E-state index < -0.39 is 0 Å². The number of rotatable bonds is 3. The summed E-state index contributed by atoms with van der Waals surface area (Å²) in [5.41, 5.74) is 1.82. The zero-order valence-corrected chi connectivity index (χ0v) is 12.5. The summed E-state index contributed by atoms with van der Waals surface area (Å²) < 4.78 is 0. The minimum Gasteiger partial charge on any atom is -0.360 e. The number of nitrogens with zero attached hydrogens (tertiary/aromatic N) is 1.